The van der Waals surface area contributed by atoms with Crippen molar-refractivity contribution in [2.24, 2.45) is 11.8 Å². The average Bonchev–Trinajstić information content (AvgIpc) is 3.07. The Kier molecular flexibility index (Phi) is 4.13. The first-order valence-electron chi connectivity index (χ1n) is 7.33. The minimum Gasteiger partial charge on any atom is -0.308 e. The van der Waals surface area contributed by atoms with Gasteiger partial charge in [-0.2, -0.15) is 0 Å². The summed E-state index contributed by atoms with van der Waals surface area (Å²) in [7, 11) is 0. The van der Waals surface area contributed by atoms with Crippen LogP contribution in [0.1, 0.15) is 32.4 Å². The van der Waals surface area contributed by atoms with Crippen molar-refractivity contribution < 1.29 is 0 Å². The maximum absolute atomic E-state index is 4.68. The zero-order valence-corrected chi connectivity index (χ0v) is 12.9. The van der Waals surface area contributed by atoms with E-state index < -0.39 is 0 Å². The van der Waals surface area contributed by atoms with E-state index in [0.29, 0.717) is 6.04 Å². The highest BCUT2D eigenvalue weighted by molar-refractivity contribution is 7.13. The molecule has 3 nitrogen and oxygen atoms in total. The molecule has 3 atom stereocenters. The van der Waals surface area contributed by atoms with Crippen LogP contribution in [0.4, 0.5) is 0 Å². The Hall–Kier alpha value is -1.26. The number of nitrogens with zero attached hydrogens (tertiary/aromatic N) is 2. The van der Waals surface area contributed by atoms with E-state index in [1.54, 1.807) is 11.3 Å². The molecule has 1 N–H and O–H groups in total. The Morgan fingerprint density at radius 2 is 2.20 bits per heavy atom. The fourth-order valence-corrected chi connectivity index (χ4v) is 3.68. The Morgan fingerprint density at radius 3 is 2.90 bits per heavy atom. The summed E-state index contributed by atoms with van der Waals surface area (Å²) in [6.45, 7) is 5.58. The van der Waals surface area contributed by atoms with Crippen LogP contribution in [0.15, 0.2) is 29.8 Å². The molecule has 1 aliphatic rings. The first-order valence-corrected chi connectivity index (χ1v) is 8.21. The number of hydrogen-bond donors (Lipinski definition) is 1. The highest BCUT2D eigenvalue weighted by Gasteiger charge is 2.29. The van der Waals surface area contributed by atoms with E-state index in [4.69, 9.17) is 0 Å². The van der Waals surface area contributed by atoms with Gasteiger partial charge in [-0.15, -0.1) is 11.3 Å². The van der Waals surface area contributed by atoms with Gasteiger partial charge >= 0.3 is 0 Å². The van der Waals surface area contributed by atoms with Gasteiger partial charge in [-0.3, -0.25) is 4.98 Å². The molecule has 0 bridgehead atoms. The van der Waals surface area contributed by atoms with E-state index in [1.165, 1.54) is 12.8 Å². The third kappa shape index (κ3) is 2.91. The predicted molar refractivity (Wildman–Crippen MR) is 83.5 cm³/mol. The van der Waals surface area contributed by atoms with Gasteiger partial charge in [-0.1, -0.05) is 19.9 Å². The van der Waals surface area contributed by atoms with Crippen molar-refractivity contribution in [1.82, 2.24) is 15.3 Å². The molecule has 106 valence electrons. The molecule has 0 saturated heterocycles. The van der Waals surface area contributed by atoms with Crippen LogP contribution in [-0.4, -0.2) is 16.0 Å². The Morgan fingerprint density at radius 1 is 1.30 bits per heavy atom. The van der Waals surface area contributed by atoms with Crippen molar-refractivity contribution in [3.8, 4) is 10.7 Å². The van der Waals surface area contributed by atoms with E-state index in [0.717, 1.165) is 34.8 Å². The molecular formula is C16H21N3S. The molecule has 20 heavy (non-hydrogen) atoms. The lowest BCUT2D eigenvalue weighted by molar-refractivity contribution is 0.369. The first-order chi connectivity index (χ1) is 9.74. The topological polar surface area (TPSA) is 37.8 Å². The van der Waals surface area contributed by atoms with E-state index in [9.17, 15) is 0 Å². The third-order valence-electron chi connectivity index (χ3n) is 4.45. The summed E-state index contributed by atoms with van der Waals surface area (Å²) in [5, 5.41) is 6.82. The molecular weight excluding hydrogens is 266 g/mol. The van der Waals surface area contributed by atoms with Crippen LogP contribution >= 0.6 is 11.3 Å². The van der Waals surface area contributed by atoms with E-state index in [1.807, 2.05) is 24.4 Å². The SMILES string of the molecule is CC1CCC(NCc2csc(-c3ccccn3)n2)C1C. The number of rotatable bonds is 4. The molecule has 0 amide bonds. The lowest BCUT2D eigenvalue weighted by Crippen LogP contribution is -2.31. The van der Waals surface area contributed by atoms with Crippen LogP contribution in [0, 0.1) is 11.8 Å². The summed E-state index contributed by atoms with van der Waals surface area (Å²) in [4.78, 5) is 9.03. The average molecular weight is 287 g/mol. The Bertz CT molecular complexity index is 552. The normalized spacial score (nSPS) is 26.0. The molecule has 2 aromatic heterocycles. The molecule has 1 aliphatic carbocycles. The maximum Gasteiger partial charge on any atom is 0.142 e. The summed E-state index contributed by atoms with van der Waals surface area (Å²) in [6.07, 6.45) is 4.45. The lowest BCUT2D eigenvalue weighted by atomic mass is 9.98. The highest BCUT2D eigenvalue weighted by Crippen LogP contribution is 2.31. The minimum atomic E-state index is 0.644. The number of hydrogen-bond acceptors (Lipinski definition) is 4. The fourth-order valence-electron chi connectivity index (χ4n) is 2.88. The summed E-state index contributed by atoms with van der Waals surface area (Å²) in [5.74, 6) is 1.61. The van der Waals surface area contributed by atoms with E-state index >= 15 is 0 Å². The van der Waals surface area contributed by atoms with Crippen molar-refractivity contribution in [1.29, 1.82) is 0 Å². The molecule has 0 aromatic carbocycles. The second kappa shape index (κ2) is 6.02. The van der Waals surface area contributed by atoms with Gasteiger partial charge in [0.2, 0.25) is 0 Å². The fraction of sp³-hybridized carbons (Fsp3) is 0.500. The third-order valence-corrected chi connectivity index (χ3v) is 5.36. The van der Waals surface area contributed by atoms with Crippen LogP contribution in [0.25, 0.3) is 10.7 Å². The molecule has 3 unspecified atom stereocenters. The van der Waals surface area contributed by atoms with Crippen LogP contribution < -0.4 is 5.32 Å². The van der Waals surface area contributed by atoms with Gasteiger partial charge in [0.1, 0.15) is 5.01 Å². The summed E-state index contributed by atoms with van der Waals surface area (Å²) < 4.78 is 0. The van der Waals surface area contributed by atoms with Crippen molar-refractivity contribution in [3.63, 3.8) is 0 Å². The quantitative estimate of drug-likeness (QED) is 0.931. The molecule has 0 aliphatic heterocycles. The second-order valence-corrected chi connectivity index (χ2v) is 6.62. The van der Waals surface area contributed by atoms with Crippen LogP contribution in [0.2, 0.25) is 0 Å². The number of thiazole rings is 1. The Labute approximate surface area is 124 Å². The molecule has 2 heterocycles. The second-order valence-electron chi connectivity index (χ2n) is 5.76. The van der Waals surface area contributed by atoms with Gasteiger partial charge in [0, 0.05) is 24.2 Å². The lowest BCUT2D eigenvalue weighted by Gasteiger charge is -2.19. The number of pyridine rings is 1. The van der Waals surface area contributed by atoms with Gasteiger partial charge in [0.05, 0.1) is 11.4 Å². The first kappa shape index (κ1) is 13.7. The smallest absolute Gasteiger partial charge is 0.142 e. The molecule has 1 fully saturated rings. The van der Waals surface area contributed by atoms with Crippen molar-refractivity contribution in [2.75, 3.05) is 0 Å². The van der Waals surface area contributed by atoms with E-state index in [-0.39, 0.29) is 0 Å². The zero-order chi connectivity index (χ0) is 13.9. The predicted octanol–water partition coefficient (Wildman–Crippen LogP) is 3.73. The molecule has 2 aromatic rings. The zero-order valence-electron chi connectivity index (χ0n) is 12.0. The van der Waals surface area contributed by atoms with Gasteiger partial charge in [-0.25, -0.2) is 4.98 Å². The van der Waals surface area contributed by atoms with Crippen molar-refractivity contribution in [3.05, 3.63) is 35.5 Å². The molecule has 3 rings (SSSR count). The Balaban J connectivity index is 1.61. The molecule has 4 heteroatoms. The van der Waals surface area contributed by atoms with Gasteiger partial charge in [0.25, 0.3) is 0 Å². The molecule has 0 spiro atoms. The monoisotopic (exact) mass is 287 g/mol. The number of aromatic nitrogens is 2. The van der Waals surface area contributed by atoms with Crippen LogP contribution in [-0.2, 0) is 6.54 Å². The van der Waals surface area contributed by atoms with Crippen LogP contribution in [0.5, 0.6) is 0 Å². The largest absolute Gasteiger partial charge is 0.308 e. The summed E-state index contributed by atoms with van der Waals surface area (Å²) in [6, 6.07) is 6.59. The van der Waals surface area contributed by atoms with Gasteiger partial charge in [0.15, 0.2) is 0 Å². The van der Waals surface area contributed by atoms with Gasteiger partial charge in [-0.05, 0) is 36.8 Å². The van der Waals surface area contributed by atoms with Crippen LogP contribution in [0.3, 0.4) is 0 Å². The van der Waals surface area contributed by atoms with E-state index in [2.05, 4.69) is 34.5 Å². The molecule has 0 radical (unpaired) electrons. The summed E-state index contributed by atoms with van der Waals surface area (Å²) >= 11 is 1.67. The maximum atomic E-state index is 4.68. The summed E-state index contributed by atoms with van der Waals surface area (Å²) in [5.41, 5.74) is 2.09. The van der Waals surface area contributed by atoms with Crippen molar-refractivity contribution in [2.45, 2.75) is 39.3 Å². The minimum absolute atomic E-state index is 0.644. The van der Waals surface area contributed by atoms with Gasteiger partial charge < -0.3 is 5.32 Å². The molecule has 1 saturated carbocycles. The van der Waals surface area contributed by atoms with Crippen molar-refractivity contribution >= 4 is 11.3 Å². The number of nitrogens with one attached hydrogen (secondary N) is 1. The standard InChI is InChI=1S/C16H21N3S/c1-11-6-7-14(12(11)2)18-9-13-10-20-16(19-13)15-5-3-4-8-17-15/h3-5,8,10-12,14,18H,6-7,9H2,1-2H3. The highest BCUT2D eigenvalue weighted by atomic mass is 32.1.